The summed E-state index contributed by atoms with van der Waals surface area (Å²) in [6.45, 7) is 11.5. The summed E-state index contributed by atoms with van der Waals surface area (Å²) in [5.41, 5.74) is 0. The van der Waals surface area contributed by atoms with Gasteiger partial charge in [-0.05, 0) is 64.0 Å². The molecule has 0 bridgehead atoms. The van der Waals surface area contributed by atoms with Crippen molar-refractivity contribution in [2.45, 2.75) is 127 Å². The van der Waals surface area contributed by atoms with E-state index in [9.17, 15) is 20.4 Å². The van der Waals surface area contributed by atoms with Gasteiger partial charge in [0.15, 0.2) is 16.6 Å². The van der Waals surface area contributed by atoms with Gasteiger partial charge in [-0.3, -0.25) is 9.80 Å². The molecule has 208 valence electrons. The second-order valence-electron chi connectivity index (χ2n) is 12.4. The average Bonchev–Trinajstić information content (AvgIpc) is 2.78. The molecule has 0 aromatic rings. The van der Waals surface area contributed by atoms with Crippen LogP contribution in [-0.2, 0) is 4.12 Å². The van der Waals surface area contributed by atoms with Gasteiger partial charge in [0, 0.05) is 38.3 Å². The molecular formula is C26H56N2O5Si2. The van der Waals surface area contributed by atoms with Crippen LogP contribution >= 0.6 is 0 Å². The minimum absolute atomic E-state index is 0.131. The van der Waals surface area contributed by atoms with Crippen LogP contribution in [0.4, 0.5) is 0 Å². The summed E-state index contributed by atoms with van der Waals surface area (Å²) in [7, 11) is -4.27. The number of nitrogens with zero attached hydrogens (tertiary/aromatic N) is 2. The zero-order chi connectivity index (χ0) is 25.9. The number of aliphatic hydroxyl groups is 4. The molecule has 0 spiro atoms. The Hall–Kier alpha value is 0.154. The first-order valence-electron chi connectivity index (χ1n) is 14.3. The maximum atomic E-state index is 11.0. The lowest BCUT2D eigenvalue weighted by Gasteiger charge is -2.40. The van der Waals surface area contributed by atoms with Gasteiger partial charge in [-0.25, -0.2) is 0 Å². The van der Waals surface area contributed by atoms with Gasteiger partial charge in [0.05, 0.1) is 25.4 Å². The Morgan fingerprint density at radius 3 is 1.31 bits per heavy atom. The zero-order valence-electron chi connectivity index (χ0n) is 23.1. The standard InChI is InChI=1S/C26H56N2O5Si2/c1-34(2,21-25(31)19-27(15-17-29)23-11-7-5-8-12-23)33-35(3,4)22-26(32)20-28(16-18-30)24-13-9-6-10-14-24/h23-26,29-32H,5-22H2,1-4H3. The van der Waals surface area contributed by atoms with E-state index in [-0.39, 0.29) is 13.2 Å². The molecule has 2 fully saturated rings. The van der Waals surface area contributed by atoms with E-state index in [0.717, 1.165) is 25.7 Å². The summed E-state index contributed by atoms with van der Waals surface area (Å²) in [6.07, 6.45) is 11.3. The van der Waals surface area contributed by atoms with Gasteiger partial charge in [-0.15, -0.1) is 0 Å². The van der Waals surface area contributed by atoms with Gasteiger partial charge in [0.1, 0.15) is 0 Å². The maximum Gasteiger partial charge on any atom is 0.176 e. The SMILES string of the molecule is C[Si](C)(CC(O)CN(CCO)C1CCCCC1)O[Si](C)(C)CC(O)CN(CCO)C1CCCCC1. The molecule has 0 radical (unpaired) electrons. The van der Waals surface area contributed by atoms with E-state index in [0.29, 0.717) is 50.4 Å². The highest BCUT2D eigenvalue weighted by Gasteiger charge is 2.37. The monoisotopic (exact) mass is 532 g/mol. The van der Waals surface area contributed by atoms with Crippen LogP contribution in [0.2, 0.25) is 38.3 Å². The Balaban J connectivity index is 1.86. The van der Waals surface area contributed by atoms with Crippen molar-refractivity contribution in [3.8, 4) is 0 Å². The summed E-state index contributed by atoms with van der Waals surface area (Å²) in [5, 5.41) is 41.1. The molecule has 7 nitrogen and oxygen atoms in total. The summed E-state index contributed by atoms with van der Waals surface area (Å²) < 4.78 is 6.76. The van der Waals surface area contributed by atoms with Gasteiger partial charge in [-0.1, -0.05) is 38.5 Å². The molecule has 0 heterocycles. The van der Waals surface area contributed by atoms with Crippen molar-refractivity contribution in [1.82, 2.24) is 9.80 Å². The predicted octanol–water partition coefficient (Wildman–Crippen LogP) is 3.39. The zero-order valence-corrected chi connectivity index (χ0v) is 25.1. The quantitative estimate of drug-likeness (QED) is 0.226. The maximum absolute atomic E-state index is 11.0. The molecule has 2 aliphatic carbocycles. The molecule has 2 aliphatic rings. The first-order valence-corrected chi connectivity index (χ1v) is 20.5. The van der Waals surface area contributed by atoms with E-state index in [1.165, 1.54) is 38.5 Å². The van der Waals surface area contributed by atoms with Crippen molar-refractivity contribution >= 4 is 16.6 Å². The third-order valence-corrected chi connectivity index (χ3v) is 15.2. The molecule has 0 amide bonds. The molecular weight excluding hydrogens is 476 g/mol. The van der Waals surface area contributed by atoms with Gasteiger partial charge in [0.2, 0.25) is 0 Å². The highest BCUT2D eigenvalue weighted by Crippen LogP contribution is 2.28. The Labute approximate surface area is 217 Å². The van der Waals surface area contributed by atoms with Gasteiger partial charge in [0.25, 0.3) is 0 Å². The lowest BCUT2D eigenvalue weighted by molar-refractivity contribution is 0.0657. The van der Waals surface area contributed by atoms with Crippen molar-refractivity contribution < 1.29 is 24.5 Å². The minimum Gasteiger partial charge on any atom is -0.455 e. The number of aliphatic hydroxyl groups excluding tert-OH is 4. The fourth-order valence-corrected chi connectivity index (χ4v) is 15.8. The Morgan fingerprint density at radius 1 is 0.657 bits per heavy atom. The summed E-state index contributed by atoms with van der Waals surface area (Å²) in [6, 6.07) is 2.30. The molecule has 4 N–H and O–H groups in total. The fraction of sp³-hybridized carbons (Fsp3) is 1.00. The third kappa shape index (κ3) is 12.0. The fourth-order valence-electron chi connectivity index (χ4n) is 6.63. The van der Waals surface area contributed by atoms with Gasteiger partial charge >= 0.3 is 0 Å². The average molecular weight is 533 g/mol. The molecule has 0 aliphatic heterocycles. The third-order valence-electron chi connectivity index (χ3n) is 7.85. The minimum atomic E-state index is -2.14. The highest BCUT2D eigenvalue weighted by molar-refractivity contribution is 6.85. The van der Waals surface area contributed by atoms with E-state index < -0.39 is 28.8 Å². The molecule has 0 aromatic carbocycles. The molecule has 2 unspecified atom stereocenters. The van der Waals surface area contributed by atoms with Crippen LogP contribution in [0.3, 0.4) is 0 Å². The second kappa shape index (κ2) is 15.5. The normalized spacial score (nSPS) is 21.1. The number of hydrogen-bond donors (Lipinski definition) is 4. The van der Waals surface area contributed by atoms with Crippen molar-refractivity contribution in [3.05, 3.63) is 0 Å². The van der Waals surface area contributed by atoms with Crippen LogP contribution in [0.25, 0.3) is 0 Å². The van der Waals surface area contributed by atoms with E-state index in [2.05, 4.69) is 36.0 Å². The lowest BCUT2D eigenvalue weighted by atomic mass is 9.94. The smallest absolute Gasteiger partial charge is 0.176 e. The topological polar surface area (TPSA) is 96.6 Å². The Kier molecular flexibility index (Phi) is 13.9. The molecule has 35 heavy (non-hydrogen) atoms. The van der Waals surface area contributed by atoms with E-state index >= 15 is 0 Å². The van der Waals surface area contributed by atoms with Crippen LogP contribution in [-0.4, -0.2) is 111 Å². The van der Waals surface area contributed by atoms with Crippen molar-refractivity contribution in [2.75, 3.05) is 39.4 Å². The van der Waals surface area contributed by atoms with Crippen LogP contribution < -0.4 is 0 Å². The van der Waals surface area contributed by atoms with Crippen molar-refractivity contribution in [3.63, 3.8) is 0 Å². The van der Waals surface area contributed by atoms with Crippen molar-refractivity contribution in [2.24, 2.45) is 0 Å². The van der Waals surface area contributed by atoms with E-state index in [1.54, 1.807) is 0 Å². The lowest BCUT2D eigenvalue weighted by Crippen LogP contribution is -2.51. The first-order chi connectivity index (χ1) is 16.5. The van der Waals surface area contributed by atoms with Gasteiger partial charge < -0.3 is 24.5 Å². The molecule has 2 saturated carbocycles. The molecule has 0 saturated heterocycles. The molecule has 2 atom stereocenters. The Morgan fingerprint density at radius 2 is 1.00 bits per heavy atom. The van der Waals surface area contributed by atoms with Crippen LogP contribution in [0.1, 0.15) is 64.2 Å². The van der Waals surface area contributed by atoms with Crippen molar-refractivity contribution in [1.29, 1.82) is 0 Å². The van der Waals surface area contributed by atoms with E-state index in [4.69, 9.17) is 4.12 Å². The molecule has 0 aromatic heterocycles. The summed E-state index contributed by atoms with van der Waals surface area (Å²) in [5.74, 6) is 0. The first kappa shape index (κ1) is 31.4. The largest absolute Gasteiger partial charge is 0.455 e. The summed E-state index contributed by atoms with van der Waals surface area (Å²) in [4.78, 5) is 4.59. The second-order valence-corrected chi connectivity index (χ2v) is 21.0. The number of hydrogen-bond acceptors (Lipinski definition) is 7. The molecule has 2 rings (SSSR count). The van der Waals surface area contributed by atoms with Crippen LogP contribution in [0.5, 0.6) is 0 Å². The van der Waals surface area contributed by atoms with Crippen LogP contribution in [0.15, 0.2) is 0 Å². The van der Waals surface area contributed by atoms with Gasteiger partial charge in [-0.2, -0.15) is 0 Å². The highest BCUT2D eigenvalue weighted by atomic mass is 28.4. The Bertz CT molecular complexity index is 524. The van der Waals surface area contributed by atoms with Crippen LogP contribution in [0, 0.1) is 0 Å². The molecule has 9 heteroatoms. The van der Waals surface area contributed by atoms with E-state index in [1.807, 2.05) is 0 Å². The predicted molar refractivity (Wildman–Crippen MR) is 149 cm³/mol. The summed E-state index contributed by atoms with van der Waals surface area (Å²) >= 11 is 0. The number of rotatable bonds is 16.